The lowest BCUT2D eigenvalue weighted by Gasteiger charge is -2.03. The second kappa shape index (κ2) is 9.03. The number of thiazole rings is 2. The largest absolute Gasteiger partial charge is 0.350 e. The van der Waals surface area contributed by atoms with Gasteiger partial charge in [-0.2, -0.15) is 0 Å². The van der Waals surface area contributed by atoms with Crippen LogP contribution in [0.25, 0.3) is 0 Å². The van der Waals surface area contributed by atoms with Gasteiger partial charge in [-0.25, -0.2) is 14.4 Å². The first-order valence-electron chi connectivity index (χ1n) is 8.63. The molecular formula is C19H19FN4O2S2. The Hall–Kier alpha value is -2.65. The number of nitrogens with one attached hydrogen (secondary N) is 2. The molecule has 2 N–H and O–H groups in total. The molecule has 0 radical (unpaired) electrons. The smallest absolute Gasteiger partial charge is 0.260 e. The van der Waals surface area contributed by atoms with Crippen molar-refractivity contribution in [1.82, 2.24) is 15.3 Å². The molecule has 0 bridgehead atoms. The Morgan fingerprint density at radius 3 is 2.57 bits per heavy atom. The fraction of sp³-hybridized carbons (Fsp3) is 0.263. The van der Waals surface area contributed by atoms with Crippen LogP contribution in [-0.2, 0) is 17.8 Å². The molecule has 3 rings (SSSR count). The molecule has 0 aliphatic rings. The number of hydrogen-bond donors (Lipinski definition) is 2. The van der Waals surface area contributed by atoms with E-state index in [0.29, 0.717) is 23.3 Å². The maximum Gasteiger partial charge on any atom is 0.260 e. The number of benzene rings is 1. The summed E-state index contributed by atoms with van der Waals surface area (Å²) in [5.41, 5.74) is 1.31. The van der Waals surface area contributed by atoms with Crippen LogP contribution in [0.5, 0.6) is 0 Å². The third kappa shape index (κ3) is 5.20. The Morgan fingerprint density at radius 2 is 1.86 bits per heavy atom. The van der Waals surface area contributed by atoms with Crippen LogP contribution in [0.2, 0.25) is 0 Å². The van der Waals surface area contributed by atoms with E-state index in [2.05, 4.69) is 34.4 Å². The molecule has 0 atom stereocenters. The van der Waals surface area contributed by atoms with Gasteiger partial charge in [0.1, 0.15) is 5.82 Å². The Bertz CT molecular complexity index is 984. The number of halogens is 1. The standard InChI is InChI=1S/C19H19FN4O2S2/c1-11(2)18-22-13(10-27-18)8-21-16(25)7-12-9-28-19(23-12)24-17(26)14-5-3-4-6-15(14)20/h3-6,9-11H,7-8H2,1-2H3,(H,21,25)(H,23,24,26). The molecular weight excluding hydrogens is 399 g/mol. The molecule has 0 fully saturated rings. The van der Waals surface area contributed by atoms with Crippen molar-refractivity contribution >= 4 is 39.6 Å². The molecule has 3 aromatic rings. The molecule has 0 aliphatic heterocycles. The normalized spacial score (nSPS) is 10.9. The molecule has 9 heteroatoms. The summed E-state index contributed by atoms with van der Waals surface area (Å²) in [6.07, 6.45) is 0.0905. The van der Waals surface area contributed by atoms with Crippen LogP contribution in [0.1, 0.15) is 46.5 Å². The van der Waals surface area contributed by atoms with E-state index in [1.54, 1.807) is 22.8 Å². The molecule has 28 heavy (non-hydrogen) atoms. The summed E-state index contributed by atoms with van der Waals surface area (Å²) < 4.78 is 13.7. The van der Waals surface area contributed by atoms with Crippen molar-refractivity contribution in [1.29, 1.82) is 0 Å². The SMILES string of the molecule is CC(C)c1nc(CNC(=O)Cc2csc(NC(=O)c3ccccc3F)n2)cs1. The highest BCUT2D eigenvalue weighted by Crippen LogP contribution is 2.20. The quantitative estimate of drug-likeness (QED) is 0.608. The molecule has 1 aromatic carbocycles. The van der Waals surface area contributed by atoms with Crippen molar-refractivity contribution in [2.75, 3.05) is 5.32 Å². The molecule has 0 saturated carbocycles. The third-order valence-electron chi connectivity index (χ3n) is 3.76. The van der Waals surface area contributed by atoms with Crippen LogP contribution in [-0.4, -0.2) is 21.8 Å². The average Bonchev–Trinajstić information content (AvgIpc) is 3.30. The van der Waals surface area contributed by atoms with Crippen LogP contribution < -0.4 is 10.6 Å². The van der Waals surface area contributed by atoms with Crippen LogP contribution >= 0.6 is 22.7 Å². The highest BCUT2D eigenvalue weighted by atomic mass is 32.1. The van der Waals surface area contributed by atoms with E-state index < -0.39 is 11.7 Å². The van der Waals surface area contributed by atoms with Gasteiger partial charge in [-0.1, -0.05) is 26.0 Å². The summed E-state index contributed by atoms with van der Waals surface area (Å²) >= 11 is 2.77. The number of amides is 2. The van der Waals surface area contributed by atoms with Gasteiger partial charge in [-0.15, -0.1) is 22.7 Å². The summed E-state index contributed by atoms with van der Waals surface area (Å²) in [5.74, 6) is -0.995. The Balaban J connectivity index is 1.51. The van der Waals surface area contributed by atoms with Crippen molar-refractivity contribution in [3.05, 3.63) is 62.8 Å². The van der Waals surface area contributed by atoms with Crippen molar-refractivity contribution in [2.24, 2.45) is 0 Å². The van der Waals surface area contributed by atoms with Gasteiger partial charge in [-0.05, 0) is 12.1 Å². The van der Waals surface area contributed by atoms with Crippen LogP contribution in [0.15, 0.2) is 35.0 Å². The summed E-state index contributed by atoms with van der Waals surface area (Å²) in [6, 6.07) is 5.72. The minimum absolute atomic E-state index is 0.0546. The van der Waals surface area contributed by atoms with Crippen molar-refractivity contribution in [3.63, 3.8) is 0 Å². The third-order valence-corrected chi connectivity index (χ3v) is 5.76. The first-order chi connectivity index (χ1) is 13.4. The topological polar surface area (TPSA) is 84.0 Å². The number of carbonyl (C=O) groups excluding carboxylic acids is 2. The number of anilines is 1. The summed E-state index contributed by atoms with van der Waals surface area (Å²) in [4.78, 5) is 32.9. The predicted molar refractivity (Wildman–Crippen MR) is 108 cm³/mol. The zero-order chi connectivity index (χ0) is 20.1. The van der Waals surface area contributed by atoms with Gasteiger partial charge in [-0.3, -0.25) is 14.9 Å². The van der Waals surface area contributed by atoms with Gasteiger partial charge in [0.25, 0.3) is 5.91 Å². The molecule has 2 heterocycles. The lowest BCUT2D eigenvalue weighted by atomic mass is 10.2. The molecule has 146 valence electrons. The van der Waals surface area contributed by atoms with E-state index in [9.17, 15) is 14.0 Å². The summed E-state index contributed by atoms with van der Waals surface area (Å²) in [6.45, 7) is 4.51. The lowest BCUT2D eigenvalue weighted by molar-refractivity contribution is -0.120. The van der Waals surface area contributed by atoms with Crippen molar-refractivity contribution < 1.29 is 14.0 Å². The highest BCUT2D eigenvalue weighted by Gasteiger charge is 2.14. The highest BCUT2D eigenvalue weighted by molar-refractivity contribution is 7.14. The maximum absolute atomic E-state index is 13.7. The van der Waals surface area contributed by atoms with Gasteiger partial charge in [0, 0.05) is 16.7 Å². The first-order valence-corrected chi connectivity index (χ1v) is 10.4. The second-order valence-corrected chi connectivity index (χ2v) is 8.11. The van der Waals surface area contributed by atoms with E-state index in [1.807, 2.05) is 5.38 Å². The molecule has 0 spiro atoms. The number of hydrogen-bond acceptors (Lipinski definition) is 6. The van der Waals surface area contributed by atoms with Crippen LogP contribution in [0.4, 0.5) is 9.52 Å². The minimum Gasteiger partial charge on any atom is -0.350 e. The van der Waals surface area contributed by atoms with Crippen LogP contribution in [0.3, 0.4) is 0 Å². The number of rotatable bonds is 7. The number of carbonyl (C=O) groups is 2. The minimum atomic E-state index is -0.598. The van der Waals surface area contributed by atoms with Crippen LogP contribution in [0, 0.1) is 5.82 Å². The zero-order valence-corrected chi connectivity index (χ0v) is 17.0. The van der Waals surface area contributed by atoms with Crippen molar-refractivity contribution in [2.45, 2.75) is 32.7 Å². The average molecular weight is 419 g/mol. The Morgan fingerprint density at radius 1 is 1.11 bits per heavy atom. The molecule has 6 nitrogen and oxygen atoms in total. The van der Waals surface area contributed by atoms with Gasteiger partial charge in [0.15, 0.2) is 5.13 Å². The number of aromatic nitrogens is 2. The molecule has 2 aromatic heterocycles. The van der Waals surface area contributed by atoms with E-state index in [1.165, 1.54) is 29.5 Å². The molecule has 0 aliphatic carbocycles. The molecule has 2 amide bonds. The van der Waals surface area contributed by atoms with E-state index >= 15 is 0 Å². The van der Waals surface area contributed by atoms with Gasteiger partial charge in [0.05, 0.1) is 34.9 Å². The zero-order valence-electron chi connectivity index (χ0n) is 15.4. The predicted octanol–water partition coefficient (Wildman–Crippen LogP) is 3.97. The van der Waals surface area contributed by atoms with E-state index in [0.717, 1.165) is 10.7 Å². The van der Waals surface area contributed by atoms with Gasteiger partial charge in [0.2, 0.25) is 5.91 Å². The lowest BCUT2D eigenvalue weighted by Crippen LogP contribution is -2.24. The maximum atomic E-state index is 13.7. The Kier molecular flexibility index (Phi) is 6.48. The van der Waals surface area contributed by atoms with Gasteiger partial charge < -0.3 is 5.32 Å². The second-order valence-electron chi connectivity index (χ2n) is 6.36. The van der Waals surface area contributed by atoms with Crippen molar-refractivity contribution in [3.8, 4) is 0 Å². The molecule has 0 unspecified atom stereocenters. The van der Waals surface area contributed by atoms with Gasteiger partial charge >= 0.3 is 0 Å². The summed E-state index contributed by atoms with van der Waals surface area (Å²) in [5, 5.41) is 10.4. The fourth-order valence-electron chi connectivity index (χ4n) is 2.34. The monoisotopic (exact) mass is 418 g/mol. The first kappa shape index (κ1) is 20.1. The van der Waals surface area contributed by atoms with E-state index in [4.69, 9.17) is 0 Å². The fourth-order valence-corrected chi connectivity index (χ4v) is 3.88. The number of nitrogens with zero attached hydrogens (tertiary/aromatic N) is 2. The van der Waals surface area contributed by atoms with E-state index in [-0.39, 0.29) is 17.9 Å². The molecule has 0 saturated heterocycles. The summed E-state index contributed by atoms with van der Waals surface area (Å²) in [7, 11) is 0. The Labute approximate surface area is 169 Å².